The second-order valence-corrected chi connectivity index (χ2v) is 8.34. The van der Waals surface area contributed by atoms with Crippen LogP contribution in [0.3, 0.4) is 0 Å². The van der Waals surface area contributed by atoms with Gasteiger partial charge in [-0.25, -0.2) is 4.98 Å². The topological polar surface area (TPSA) is 108 Å². The molecule has 0 saturated carbocycles. The van der Waals surface area contributed by atoms with Crippen molar-refractivity contribution in [2.45, 2.75) is 31.5 Å². The number of nitrogens with one attached hydrogen (secondary N) is 4. The molecule has 154 valence electrons. The van der Waals surface area contributed by atoms with Crippen molar-refractivity contribution in [2.24, 2.45) is 0 Å². The molecule has 0 radical (unpaired) electrons. The quantitative estimate of drug-likeness (QED) is 0.434. The summed E-state index contributed by atoms with van der Waals surface area (Å²) in [4.78, 5) is 6.83. The highest BCUT2D eigenvalue weighted by Gasteiger charge is 2.37. The Balaban J connectivity index is 1.18. The maximum Gasteiger partial charge on any atom is 0.169 e. The Morgan fingerprint density at radius 3 is 3.00 bits per heavy atom. The number of nitrogens with two attached hydrogens (primary N) is 1. The third-order valence-corrected chi connectivity index (χ3v) is 6.21. The van der Waals surface area contributed by atoms with Gasteiger partial charge in [-0.05, 0) is 41.3 Å². The smallest absolute Gasteiger partial charge is 0.169 e. The van der Waals surface area contributed by atoms with Gasteiger partial charge in [0.1, 0.15) is 5.82 Å². The fourth-order valence-corrected chi connectivity index (χ4v) is 4.84. The lowest BCUT2D eigenvalue weighted by Gasteiger charge is -2.29. The summed E-state index contributed by atoms with van der Waals surface area (Å²) >= 11 is 0. The van der Waals surface area contributed by atoms with Gasteiger partial charge in [0, 0.05) is 43.5 Å². The van der Waals surface area contributed by atoms with Gasteiger partial charge in [-0.1, -0.05) is 12.1 Å². The summed E-state index contributed by atoms with van der Waals surface area (Å²) in [6.45, 7) is 2.96. The normalized spacial score (nSPS) is 21.5. The molecule has 0 aliphatic carbocycles. The highest BCUT2D eigenvalue weighted by Crippen LogP contribution is 2.31. The lowest BCUT2D eigenvalue weighted by Crippen LogP contribution is -2.43. The zero-order chi connectivity index (χ0) is 20.1. The lowest BCUT2D eigenvalue weighted by atomic mass is 10.1. The van der Waals surface area contributed by atoms with Crippen LogP contribution >= 0.6 is 0 Å². The molecule has 5 heterocycles. The number of hydrogen-bond donors (Lipinski definition) is 5. The second-order valence-electron chi connectivity index (χ2n) is 8.34. The predicted molar refractivity (Wildman–Crippen MR) is 117 cm³/mol. The van der Waals surface area contributed by atoms with Gasteiger partial charge in [-0.15, -0.1) is 5.53 Å². The summed E-state index contributed by atoms with van der Waals surface area (Å²) < 4.78 is 2.00. The molecular weight excluding hydrogens is 378 g/mol. The second kappa shape index (κ2) is 6.89. The number of benzene rings is 1. The largest absolute Gasteiger partial charge is 0.384 e. The van der Waals surface area contributed by atoms with Crippen LogP contribution < -0.4 is 32.3 Å². The van der Waals surface area contributed by atoms with Crippen molar-refractivity contribution >= 4 is 23.0 Å². The van der Waals surface area contributed by atoms with Crippen molar-refractivity contribution in [3.05, 3.63) is 59.4 Å². The van der Waals surface area contributed by atoms with Gasteiger partial charge in [0.15, 0.2) is 5.82 Å². The van der Waals surface area contributed by atoms with Crippen LogP contribution in [0, 0.1) is 0 Å². The number of piperazine rings is 1. The zero-order valence-corrected chi connectivity index (χ0v) is 16.6. The summed E-state index contributed by atoms with van der Waals surface area (Å²) in [7, 11) is 0. The van der Waals surface area contributed by atoms with E-state index in [1.165, 1.54) is 17.7 Å². The van der Waals surface area contributed by atoms with Crippen molar-refractivity contribution in [2.75, 3.05) is 34.6 Å². The molecule has 3 aromatic rings. The fraction of sp³-hybridized carbons (Fsp3) is 0.333. The number of nitrogen functional groups attached to an aromatic ring is 1. The molecule has 0 unspecified atom stereocenters. The molecule has 2 fully saturated rings. The molecule has 3 aliphatic heterocycles. The van der Waals surface area contributed by atoms with Crippen molar-refractivity contribution in [3.63, 3.8) is 0 Å². The van der Waals surface area contributed by atoms with E-state index in [9.17, 15) is 0 Å². The predicted octanol–water partition coefficient (Wildman–Crippen LogP) is 1.31. The molecule has 0 spiro atoms. The van der Waals surface area contributed by atoms with Gasteiger partial charge < -0.3 is 21.4 Å². The van der Waals surface area contributed by atoms with Crippen LogP contribution in [0.5, 0.6) is 0 Å². The molecule has 9 heteroatoms. The monoisotopic (exact) mass is 403 g/mol. The minimum absolute atomic E-state index is 0.497. The van der Waals surface area contributed by atoms with Crippen molar-refractivity contribution < 1.29 is 0 Å². The van der Waals surface area contributed by atoms with Crippen molar-refractivity contribution in [1.29, 1.82) is 0 Å². The first-order valence-electron chi connectivity index (χ1n) is 10.4. The van der Waals surface area contributed by atoms with Gasteiger partial charge in [-0.2, -0.15) is 5.10 Å². The average Bonchev–Trinajstić information content (AvgIpc) is 3.53. The Kier molecular flexibility index (Phi) is 4.03. The minimum Gasteiger partial charge on any atom is -0.384 e. The fourth-order valence-electron chi connectivity index (χ4n) is 4.84. The SMILES string of the molecule is Nc1cc(Cc2cnn(Cc3cccc(N4C[C@@H]5C[C@H]4CN5)c3)c2)c2c(n1)NNN2. The highest BCUT2D eigenvalue weighted by atomic mass is 15.6. The van der Waals surface area contributed by atoms with E-state index in [1.54, 1.807) is 0 Å². The van der Waals surface area contributed by atoms with Crippen LogP contribution in [0.1, 0.15) is 23.1 Å². The van der Waals surface area contributed by atoms with Gasteiger partial charge in [-0.3, -0.25) is 10.1 Å². The molecule has 2 atom stereocenters. The molecule has 30 heavy (non-hydrogen) atoms. The Labute approximate surface area is 174 Å². The average molecular weight is 403 g/mol. The summed E-state index contributed by atoms with van der Waals surface area (Å²) in [6, 6.07) is 12.0. The van der Waals surface area contributed by atoms with E-state index in [4.69, 9.17) is 5.73 Å². The molecule has 3 aliphatic rings. The van der Waals surface area contributed by atoms with Crippen LogP contribution in [-0.4, -0.2) is 39.9 Å². The summed E-state index contributed by atoms with van der Waals surface area (Å²) in [5.74, 6) is 1.22. The first-order valence-corrected chi connectivity index (χ1v) is 10.4. The molecular formula is C21H25N9. The van der Waals surface area contributed by atoms with E-state index in [2.05, 4.69) is 67.1 Å². The molecule has 6 N–H and O–H groups in total. The van der Waals surface area contributed by atoms with Crippen LogP contribution in [-0.2, 0) is 13.0 Å². The van der Waals surface area contributed by atoms with E-state index in [-0.39, 0.29) is 0 Å². The molecule has 2 bridgehead atoms. The summed E-state index contributed by atoms with van der Waals surface area (Å²) in [5.41, 5.74) is 20.6. The molecule has 2 aromatic heterocycles. The third-order valence-electron chi connectivity index (χ3n) is 6.21. The molecule has 2 saturated heterocycles. The number of rotatable bonds is 5. The molecule has 9 nitrogen and oxygen atoms in total. The Morgan fingerprint density at radius 2 is 2.13 bits per heavy atom. The number of anilines is 4. The van der Waals surface area contributed by atoms with E-state index in [0.29, 0.717) is 17.9 Å². The maximum atomic E-state index is 5.95. The lowest BCUT2D eigenvalue weighted by molar-refractivity contribution is 0.580. The van der Waals surface area contributed by atoms with Gasteiger partial charge in [0.05, 0.1) is 18.4 Å². The van der Waals surface area contributed by atoms with Crippen molar-refractivity contribution in [3.8, 4) is 0 Å². The van der Waals surface area contributed by atoms with E-state index < -0.39 is 0 Å². The molecule has 1 aromatic carbocycles. The maximum absolute atomic E-state index is 5.95. The number of fused-ring (bicyclic) bond motifs is 3. The summed E-state index contributed by atoms with van der Waals surface area (Å²) in [5, 5.41) is 8.16. The molecule has 6 rings (SSSR count). The number of pyridine rings is 1. The van der Waals surface area contributed by atoms with Crippen LogP contribution in [0.25, 0.3) is 0 Å². The number of hydrazine groups is 2. The number of nitrogens with zero attached hydrogens (tertiary/aromatic N) is 4. The highest BCUT2D eigenvalue weighted by molar-refractivity contribution is 5.74. The van der Waals surface area contributed by atoms with Gasteiger partial charge >= 0.3 is 0 Å². The Hall–Kier alpha value is -3.30. The summed E-state index contributed by atoms with van der Waals surface area (Å²) in [6.07, 6.45) is 6.02. The number of aromatic nitrogens is 3. The minimum atomic E-state index is 0.497. The third kappa shape index (κ3) is 3.12. The van der Waals surface area contributed by atoms with E-state index >= 15 is 0 Å². The molecule has 0 amide bonds. The van der Waals surface area contributed by atoms with Crippen LogP contribution in [0.4, 0.5) is 23.0 Å². The Bertz CT molecular complexity index is 1090. The first-order chi connectivity index (χ1) is 14.7. The van der Waals surface area contributed by atoms with Gasteiger partial charge in [0.25, 0.3) is 0 Å². The van der Waals surface area contributed by atoms with E-state index in [1.807, 2.05) is 16.9 Å². The van der Waals surface area contributed by atoms with Crippen LogP contribution in [0.15, 0.2) is 42.7 Å². The van der Waals surface area contributed by atoms with Crippen LogP contribution in [0.2, 0.25) is 0 Å². The number of hydrogen-bond acceptors (Lipinski definition) is 8. The first kappa shape index (κ1) is 17.5. The standard InChI is InChI=1S/C21H25N9/c22-19-6-15(20-21(25-19)27-28-26-20)4-14-8-24-29(11-14)10-13-2-1-3-17(5-13)30-12-16-7-18(30)9-23-16/h1-3,5-6,8,11,16,18,23,26,28H,4,7,9-10,12H2,(H3,22,25,27)/t16-,18-/m0/s1. The Morgan fingerprint density at radius 1 is 1.17 bits per heavy atom. The zero-order valence-electron chi connectivity index (χ0n) is 16.6. The van der Waals surface area contributed by atoms with Gasteiger partial charge in [0.2, 0.25) is 0 Å². The van der Waals surface area contributed by atoms with E-state index in [0.717, 1.165) is 48.7 Å². The van der Waals surface area contributed by atoms with Crippen molar-refractivity contribution in [1.82, 2.24) is 25.6 Å².